The van der Waals surface area contributed by atoms with Crippen molar-refractivity contribution in [2.75, 3.05) is 11.9 Å². The van der Waals surface area contributed by atoms with Crippen LogP contribution in [0.4, 0.5) is 10.6 Å². The van der Waals surface area contributed by atoms with Gasteiger partial charge in [-0.25, -0.2) is 9.78 Å². The van der Waals surface area contributed by atoms with Crippen LogP contribution in [0.1, 0.15) is 5.56 Å². The third-order valence-corrected chi connectivity index (χ3v) is 3.28. The normalized spacial score (nSPS) is 10.1. The van der Waals surface area contributed by atoms with Crippen LogP contribution >= 0.6 is 27.5 Å². The van der Waals surface area contributed by atoms with E-state index in [1.54, 1.807) is 18.3 Å². The van der Waals surface area contributed by atoms with Crippen LogP contribution in [0.5, 0.6) is 0 Å². The van der Waals surface area contributed by atoms with Crippen molar-refractivity contribution in [1.29, 1.82) is 0 Å². The van der Waals surface area contributed by atoms with Crippen LogP contribution in [0.3, 0.4) is 0 Å². The van der Waals surface area contributed by atoms with Crippen molar-refractivity contribution in [2.24, 2.45) is 0 Å². The molecule has 0 saturated heterocycles. The summed E-state index contributed by atoms with van der Waals surface area (Å²) in [5, 5.41) is 6.13. The van der Waals surface area contributed by atoms with Gasteiger partial charge in [0.2, 0.25) is 0 Å². The minimum atomic E-state index is -0.280. The molecular weight excluding hydrogens is 342 g/mol. The lowest BCUT2D eigenvalue weighted by Gasteiger charge is -2.07. The minimum absolute atomic E-state index is 0.280. The molecule has 2 aromatic rings. The molecule has 0 spiro atoms. The van der Waals surface area contributed by atoms with Gasteiger partial charge in [0.1, 0.15) is 5.82 Å². The standard InChI is InChI=1S/C14H13BrClN3O/c15-11-5-7-17-13(9-11)19-14(20)18-6-4-10-2-1-3-12(16)8-10/h1-3,5,7-9H,4,6H2,(H2,17,18,19,20). The second kappa shape index (κ2) is 7.26. The van der Waals surface area contributed by atoms with E-state index in [0.29, 0.717) is 17.4 Å². The molecule has 6 heteroatoms. The molecule has 1 aromatic heterocycles. The number of hydrogen-bond acceptors (Lipinski definition) is 2. The number of hydrogen-bond donors (Lipinski definition) is 2. The summed E-state index contributed by atoms with van der Waals surface area (Å²) in [7, 11) is 0. The number of anilines is 1. The van der Waals surface area contributed by atoms with E-state index in [-0.39, 0.29) is 6.03 Å². The Kier molecular flexibility index (Phi) is 5.38. The molecule has 0 unspecified atom stereocenters. The Morgan fingerprint density at radius 2 is 2.15 bits per heavy atom. The van der Waals surface area contributed by atoms with E-state index in [2.05, 4.69) is 31.5 Å². The molecule has 0 saturated carbocycles. The molecule has 0 atom stereocenters. The minimum Gasteiger partial charge on any atom is -0.337 e. The van der Waals surface area contributed by atoms with E-state index in [0.717, 1.165) is 16.5 Å². The SMILES string of the molecule is O=C(NCCc1cccc(Cl)c1)Nc1cc(Br)ccn1. The molecule has 20 heavy (non-hydrogen) atoms. The molecule has 1 heterocycles. The van der Waals surface area contributed by atoms with Crippen LogP contribution in [0.15, 0.2) is 47.1 Å². The second-order valence-corrected chi connectivity index (χ2v) is 5.47. The Morgan fingerprint density at radius 1 is 1.30 bits per heavy atom. The van der Waals surface area contributed by atoms with Gasteiger partial charge in [0.15, 0.2) is 0 Å². The van der Waals surface area contributed by atoms with Crippen LogP contribution in [0.25, 0.3) is 0 Å². The molecule has 0 radical (unpaired) electrons. The first kappa shape index (κ1) is 14.8. The molecule has 0 aliphatic rings. The smallest absolute Gasteiger partial charge is 0.320 e. The number of amides is 2. The highest BCUT2D eigenvalue weighted by molar-refractivity contribution is 9.10. The Bertz CT molecular complexity index is 606. The predicted octanol–water partition coefficient (Wildman–Crippen LogP) is 3.86. The Balaban J connectivity index is 1.78. The van der Waals surface area contributed by atoms with Gasteiger partial charge in [-0.15, -0.1) is 0 Å². The zero-order chi connectivity index (χ0) is 14.4. The quantitative estimate of drug-likeness (QED) is 0.876. The predicted molar refractivity (Wildman–Crippen MR) is 84.1 cm³/mol. The van der Waals surface area contributed by atoms with Crippen molar-refractivity contribution in [3.05, 3.63) is 57.7 Å². The summed E-state index contributed by atoms with van der Waals surface area (Å²) in [6, 6.07) is 10.8. The van der Waals surface area contributed by atoms with E-state index in [9.17, 15) is 4.79 Å². The lowest BCUT2D eigenvalue weighted by molar-refractivity contribution is 0.252. The summed E-state index contributed by atoms with van der Waals surface area (Å²) >= 11 is 9.21. The van der Waals surface area contributed by atoms with Gasteiger partial charge < -0.3 is 5.32 Å². The number of nitrogens with one attached hydrogen (secondary N) is 2. The number of benzene rings is 1. The van der Waals surface area contributed by atoms with Gasteiger partial charge >= 0.3 is 6.03 Å². The average molecular weight is 355 g/mol. The summed E-state index contributed by atoms with van der Waals surface area (Å²) in [5.74, 6) is 0.500. The van der Waals surface area contributed by atoms with Crippen molar-refractivity contribution >= 4 is 39.4 Å². The van der Waals surface area contributed by atoms with E-state index in [1.807, 2.05) is 24.3 Å². The van der Waals surface area contributed by atoms with E-state index >= 15 is 0 Å². The maximum atomic E-state index is 11.7. The first-order valence-electron chi connectivity index (χ1n) is 6.04. The van der Waals surface area contributed by atoms with Crippen LogP contribution in [0, 0.1) is 0 Å². The van der Waals surface area contributed by atoms with Crippen LogP contribution in [0.2, 0.25) is 5.02 Å². The average Bonchev–Trinajstić information content (AvgIpc) is 2.38. The number of pyridine rings is 1. The topological polar surface area (TPSA) is 54.0 Å². The summed E-state index contributed by atoms with van der Waals surface area (Å²) in [5.41, 5.74) is 1.08. The second-order valence-electron chi connectivity index (χ2n) is 4.12. The maximum Gasteiger partial charge on any atom is 0.320 e. The van der Waals surface area contributed by atoms with Gasteiger partial charge in [0.05, 0.1) is 0 Å². The summed E-state index contributed by atoms with van der Waals surface area (Å²) in [6.07, 6.45) is 2.34. The first-order chi connectivity index (χ1) is 9.63. The number of urea groups is 1. The molecule has 0 fully saturated rings. The van der Waals surface area contributed by atoms with E-state index < -0.39 is 0 Å². The number of carbonyl (C=O) groups excluding carboxylic acids is 1. The molecular formula is C14H13BrClN3O. The number of rotatable bonds is 4. The molecule has 0 bridgehead atoms. The fourth-order valence-electron chi connectivity index (χ4n) is 1.65. The molecule has 2 amide bonds. The van der Waals surface area contributed by atoms with Crippen LogP contribution in [-0.4, -0.2) is 17.6 Å². The zero-order valence-electron chi connectivity index (χ0n) is 10.6. The van der Waals surface area contributed by atoms with Gasteiger partial charge in [0.25, 0.3) is 0 Å². The Labute approximate surface area is 130 Å². The Morgan fingerprint density at radius 3 is 2.90 bits per heavy atom. The molecule has 4 nitrogen and oxygen atoms in total. The number of aromatic nitrogens is 1. The van der Waals surface area contributed by atoms with E-state index in [4.69, 9.17) is 11.6 Å². The molecule has 1 aromatic carbocycles. The highest BCUT2D eigenvalue weighted by Crippen LogP contribution is 2.12. The van der Waals surface area contributed by atoms with E-state index in [1.165, 1.54) is 0 Å². The van der Waals surface area contributed by atoms with Crippen molar-refractivity contribution in [1.82, 2.24) is 10.3 Å². The summed E-state index contributed by atoms with van der Waals surface area (Å²) in [6.45, 7) is 0.528. The number of carbonyl (C=O) groups is 1. The third-order valence-electron chi connectivity index (χ3n) is 2.55. The highest BCUT2D eigenvalue weighted by atomic mass is 79.9. The van der Waals surface area contributed by atoms with Gasteiger partial charge in [-0.2, -0.15) is 0 Å². The Hall–Kier alpha value is -1.59. The third kappa shape index (κ3) is 4.83. The summed E-state index contributed by atoms with van der Waals surface area (Å²) in [4.78, 5) is 15.7. The van der Waals surface area contributed by atoms with Crippen molar-refractivity contribution in [2.45, 2.75) is 6.42 Å². The molecule has 0 aliphatic heterocycles. The highest BCUT2D eigenvalue weighted by Gasteiger charge is 2.02. The molecule has 2 N–H and O–H groups in total. The maximum absolute atomic E-state index is 11.7. The van der Waals surface area contributed by atoms with Gasteiger partial charge in [-0.1, -0.05) is 39.7 Å². The summed E-state index contributed by atoms with van der Waals surface area (Å²) < 4.78 is 0.863. The molecule has 104 valence electrons. The van der Waals surface area contributed by atoms with Gasteiger partial charge in [-0.3, -0.25) is 5.32 Å². The van der Waals surface area contributed by atoms with Gasteiger partial charge in [0, 0.05) is 22.2 Å². The number of nitrogens with zero attached hydrogens (tertiary/aromatic N) is 1. The van der Waals surface area contributed by atoms with Gasteiger partial charge in [-0.05, 0) is 36.2 Å². The largest absolute Gasteiger partial charge is 0.337 e. The van der Waals surface area contributed by atoms with Crippen LogP contribution in [-0.2, 0) is 6.42 Å². The van der Waals surface area contributed by atoms with Crippen molar-refractivity contribution < 1.29 is 4.79 Å². The molecule has 0 aliphatic carbocycles. The zero-order valence-corrected chi connectivity index (χ0v) is 12.9. The first-order valence-corrected chi connectivity index (χ1v) is 7.21. The lowest BCUT2D eigenvalue weighted by Crippen LogP contribution is -2.30. The van der Waals surface area contributed by atoms with Crippen molar-refractivity contribution in [3.8, 4) is 0 Å². The monoisotopic (exact) mass is 353 g/mol. The van der Waals surface area contributed by atoms with Crippen molar-refractivity contribution in [3.63, 3.8) is 0 Å². The lowest BCUT2D eigenvalue weighted by atomic mass is 10.1. The fourth-order valence-corrected chi connectivity index (χ4v) is 2.19. The molecule has 2 rings (SSSR count). The van der Waals surface area contributed by atoms with Crippen LogP contribution < -0.4 is 10.6 Å². The number of halogens is 2. The fraction of sp³-hybridized carbons (Fsp3) is 0.143.